The van der Waals surface area contributed by atoms with Crippen LogP contribution in [0.4, 0.5) is 0 Å². The second-order valence-corrected chi connectivity index (χ2v) is 12.3. The van der Waals surface area contributed by atoms with E-state index in [9.17, 15) is 9.90 Å². The number of aliphatic carboxylic acids is 1. The van der Waals surface area contributed by atoms with Crippen LogP contribution in [-0.4, -0.2) is 35.2 Å². The summed E-state index contributed by atoms with van der Waals surface area (Å²) < 4.78 is 6.40. The second-order valence-electron chi connectivity index (χ2n) is 12.3. The van der Waals surface area contributed by atoms with E-state index in [1.54, 1.807) is 0 Å². The summed E-state index contributed by atoms with van der Waals surface area (Å²) in [5.41, 5.74) is 1.81. The smallest absolute Gasteiger partial charge is 0.314 e. The number of benzene rings is 3. The highest BCUT2D eigenvalue weighted by atomic mass is 16.5. The Morgan fingerprint density at radius 1 is 0.919 bits per heavy atom. The van der Waals surface area contributed by atoms with Crippen LogP contribution in [-0.2, 0) is 16.8 Å². The van der Waals surface area contributed by atoms with Gasteiger partial charge in [0, 0.05) is 6.54 Å². The molecule has 196 valence electrons. The largest absolute Gasteiger partial charge is 0.490 e. The van der Waals surface area contributed by atoms with Crippen molar-refractivity contribution in [2.24, 2.45) is 11.3 Å². The van der Waals surface area contributed by atoms with Gasteiger partial charge in [-0.05, 0) is 103 Å². The molecule has 1 saturated carbocycles. The van der Waals surface area contributed by atoms with Crippen molar-refractivity contribution in [2.75, 3.05) is 13.1 Å². The van der Waals surface area contributed by atoms with Crippen LogP contribution < -0.4 is 4.74 Å². The number of piperidine rings is 1. The lowest BCUT2D eigenvalue weighted by Crippen LogP contribution is -2.47. The Hall–Kier alpha value is -2.85. The molecule has 2 fully saturated rings. The number of rotatable bonds is 6. The van der Waals surface area contributed by atoms with Gasteiger partial charge in [-0.25, -0.2) is 0 Å². The van der Waals surface area contributed by atoms with Gasteiger partial charge in [-0.3, -0.25) is 9.69 Å². The molecule has 1 N–H and O–H groups in total. The SMILES string of the molecule is CC(C)(C)[C@H]1CC[C@H](Oc2ccc3cc(CN4CCC(C(=O)O)(c5ccccc5)CC4)ccc3c2)CC1. The quantitative estimate of drug-likeness (QED) is 0.383. The molecule has 1 heterocycles. The molecule has 1 aliphatic heterocycles. The van der Waals surface area contributed by atoms with E-state index < -0.39 is 11.4 Å². The number of nitrogens with zero attached hydrogens (tertiary/aromatic N) is 1. The van der Waals surface area contributed by atoms with Gasteiger partial charge in [0.1, 0.15) is 5.75 Å². The average Bonchev–Trinajstić information content (AvgIpc) is 2.89. The molecule has 0 unspecified atom stereocenters. The highest BCUT2D eigenvalue weighted by Crippen LogP contribution is 2.39. The molecule has 3 aromatic carbocycles. The van der Waals surface area contributed by atoms with Crippen molar-refractivity contribution in [2.45, 2.75) is 77.4 Å². The van der Waals surface area contributed by atoms with Gasteiger partial charge in [0.05, 0.1) is 11.5 Å². The molecular weight excluding hydrogens is 458 g/mol. The molecule has 1 aliphatic carbocycles. The van der Waals surface area contributed by atoms with Crippen molar-refractivity contribution in [3.8, 4) is 5.75 Å². The van der Waals surface area contributed by atoms with Crippen LogP contribution >= 0.6 is 0 Å². The van der Waals surface area contributed by atoms with E-state index in [1.807, 2.05) is 30.3 Å². The maximum absolute atomic E-state index is 12.3. The fourth-order valence-corrected chi connectivity index (χ4v) is 6.42. The predicted octanol–water partition coefficient (Wildman–Crippen LogP) is 7.44. The lowest BCUT2D eigenvalue weighted by atomic mass is 9.72. The number of carboxylic acid groups (broad SMARTS) is 1. The summed E-state index contributed by atoms with van der Waals surface area (Å²) in [4.78, 5) is 14.7. The summed E-state index contributed by atoms with van der Waals surface area (Å²) in [5.74, 6) is 1.06. The lowest BCUT2D eigenvalue weighted by molar-refractivity contribution is -0.146. The Bertz CT molecular complexity index is 1210. The summed E-state index contributed by atoms with van der Waals surface area (Å²) in [6.07, 6.45) is 6.38. The summed E-state index contributed by atoms with van der Waals surface area (Å²) >= 11 is 0. The first kappa shape index (κ1) is 25.8. The Labute approximate surface area is 221 Å². The minimum atomic E-state index is -0.774. The van der Waals surface area contributed by atoms with Crippen molar-refractivity contribution < 1.29 is 14.6 Å². The first-order chi connectivity index (χ1) is 17.7. The first-order valence-corrected chi connectivity index (χ1v) is 13.9. The Kier molecular flexibility index (Phi) is 7.31. The van der Waals surface area contributed by atoms with Gasteiger partial charge >= 0.3 is 5.97 Å². The fourth-order valence-electron chi connectivity index (χ4n) is 6.42. The second kappa shape index (κ2) is 10.5. The molecule has 37 heavy (non-hydrogen) atoms. The fraction of sp³-hybridized carbons (Fsp3) is 0.485. The van der Waals surface area contributed by atoms with Gasteiger partial charge in [-0.15, -0.1) is 0 Å². The van der Waals surface area contributed by atoms with Gasteiger partial charge in [0.15, 0.2) is 0 Å². The molecule has 0 atom stereocenters. The van der Waals surface area contributed by atoms with E-state index in [4.69, 9.17) is 4.74 Å². The maximum atomic E-state index is 12.3. The number of likely N-dealkylation sites (tertiary alicyclic amines) is 1. The van der Waals surface area contributed by atoms with Gasteiger partial charge in [0.25, 0.3) is 0 Å². The van der Waals surface area contributed by atoms with Crippen molar-refractivity contribution in [3.63, 3.8) is 0 Å². The van der Waals surface area contributed by atoms with Crippen molar-refractivity contribution >= 4 is 16.7 Å². The average molecular weight is 500 g/mol. The number of hydrogen-bond acceptors (Lipinski definition) is 3. The Morgan fingerprint density at radius 2 is 1.57 bits per heavy atom. The van der Waals surface area contributed by atoms with Crippen LogP contribution in [0.15, 0.2) is 66.7 Å². The molecule has 0 spiro atoms. The zero-order chi connectivity index (χ0) is 26.0. The molecule has 2 aliphatic rings. The first-order valence-electron chi connectivity index (χ1n) is 13.9. The van der Waals surface area contributed by atoms with Crippen LogP contribution in [0.5, 0.6) is 5.75 Å². The summed E-state index contributed by atoms with van der Waals surface area (Å²) in [6, 6.07) is 22.9. The molecule has 1 saturated heterocycles. The summed E-state index contributed by atoms with van der Waals surface area (Å²) in [6.45, 7) is 9.48. The Morgan fingerprint density at radius 3 is 2.22 bits per heavy atom. The van der Waals surface area contributed by atoms with E-state index >= 15 is 0 Å². The highest BCUT2D eigenvalue weighted by molar-refractivity contribution is 5.84. The number of carboxylic acids is 1. The summed E-state index contributed by atoms with van der Waals surface area (Å²) in [5, 5.41) is 12.5. The van der Waals surface area contributed by atoms with E-state index in [0.717, 1.165) is 49.7 Å². The molecule has 0 radical (unpaired) electrons. The van der Waals surface area contributed by atoms with E-state index in [1.165, 1.54) is 29.2 Å². The molecule has 0 bridgehead atoms. The van der Waals surface area contributed by atoms with E-state index in [-0.39, 0.29) is 0 Å². The minimum absolute atomic E-state index is 0.322. The van der Waals surface area contributed by atoms with Crippen molar-refractivity contribution in [1.82, 2.24) is 4.90 Å². The van der Waals surface area contributed by atoms with Gasteiger partial charge < -0.3 is 9.84 Å². The van der Waals surface area contributed by atoms with E-state index in [2.05, 4.69) is 62.1 Å². The van der Waals surface area contributed by atoms with Crippen LogP contribution in [0.3, 0.4) is 0 Å². The molecule has 0 aromatic heterocycles. The molecular formula is C33H41NO3. The molecule has 0 amide bonds. The third-order valence-corrected chi connectivity index (χ3v) is 8.93. The number of hydrogen-bond donors (Lipinski definition) is 1. The number of carbonyl (C=O) groups is 1. The van der Waals surface area contributed by atoms with Crippen molar-refractivity contribution in [3.05, 3.63) is 77.9 Å². The molecule has 4 heteroatoms. The zero-order valence-corrected chi connectivity index (χ0v) is 22.6. The molecule has 5 rings (SSSR count). The van der Waals surface area contributed by atoms with Gasteiger partial charge in [-0.2, -0.15) is 0 Å². The van der Waals surface area contributed by atoms with Crippen LogP contribution in [0, 0.1) is 11.3 Å². The third-order valence-electron chi connectivity index (χ3n) is 8.93. The molecule has 3 aromatic rings. The number of fused-ring (bicyclic) bond motifs is 1. The Balaban J connectivity index is 1.19. The normalized spacial score (nSPS) is 22.6. The molecule has 4 nitrogen and oxygen atoms in total. The number of ether oxygens (including phenoxy) is 1. The predicted molar refractivity (Wildman–Crippen MR) is 150 cm³/mol. The minimum Gasteiger partial charge on any atom is -0.490 e. The van der Waals surface area contributed by atoms with Gasteiger partial charge in [0.2, 0.25) is 0 Å². The monoisotopic (exact) mass is 499 g/mol. The van der Waals surface area contributed by atoms with Crippen LogP contribution in [0.25, 0.3) is 10.8 Å². The lowest BCUT2D eigenvalue weighted by Gasteiger charge is -2.39. The summed E-state index contributed by atoms with van der Waals surface area (Å²) in [7, 11) is 0. The third kappa shape index (κ3) is 5.70. The van der Waals surface area contributed by atoms with Crippen LogP contribution in [0.1, 0.15) is 70.4 Å². The maximum Gasteiger partial charge on any atom is 0.314 e. The standard InChI is InChI=1S/C33H41NO3/c1-32(2,3)27-12-15-29(16-13-27)37-30-14-11-25-21-24(9-10-26(25)22-30)23-34-19-17-33(18-20-34,31(35)36)28-7-5-4-6-8-28/h4-11,14,21-22,27,29H,12-13,15-20,23H2,1-3H3,(H,35,36)/t27-,29-. The van der Waals surface area contributed by atoms with Crippen molar-refractivity contribution in [1.29, 1.82) is 0 Å². The highest BCUT2D eigenvalue weighted by Gasteiger charge is 2.42. The topological polar surface area (TPSA) is 49.8 Å². The van der Waals surface area contributed by atoms with Crippen LogP contribution in [0.2, 0.25) is 0 Å². The van der Waals surface area contributed by atoms with E-state index in [0.29, 0.717) is 24.4 Å². The van der Waals surface area contributed by atoms with Gasteiger partial charge in [-0.1, -0.05) is 69.3 Å². The zero-order valence-electron chi connectivity index (χ0n) is 22.6.